The Hall–Kier alpha value is -3.52. The zero-order valence-corrected chi connectivity index (χ0v) is 22.7. The van der Waals surface area contributed by atoms with E-state index in [0.717, 1.165) is 55.8 Å². The van der Waals surface area contributed by atoms with Gasteiger partial charge in [0.05, 0.1) is 18.6 Å². The number of aromatic nitrogens is 1. The zero-order chi connectivity index (χ0) is 31.0. The monoisotopic (exact) mass is 619 g/mol. The maximum Gasteiger partial charge on any atom is 0.430 e. The summed E-state index contributed by atoms with van der Waals surface area (Å²) in [7, 11) is -3.27. The Balaban J connectivity index is 1.80. The van der Waals surface area contributed by atoms with Crippen molar-refractivity contribution in [2.45, 2.75) is 59.9 Å². The minimum atomic E-state index is -6.04. The van der Waals surface area contributed by atoms with Gasteiger partial charge >= 0.3 is 18.3 Å². The molecule has 1 fully saturated rings. The van der Waals surface area contributed by atoms with Crippen LogP contribution >= 0.6 is 0 Å². The molecule has 6 nitrogen and oxygen atoms in total. The molecule has 1 saturated carbocycles. The van der Waals surface area contributed by atoms with Crippen LogP contribution < -0.4 is 0 Å². The highest BCUT2D eigenvalue weighted by Gasteiger charge is 2.73. The van der Waals surface area contributed by atoms with Crippen LogP contribution in [0.1, 0.15) is 52.9 Å². The van der Waals surface area contributed by atoms with Crippen LogP contribution in [0.4, 0.5) is 30.7 Å². The van der Waals surface area contributed by atoms with Crippen LogP contribution in [0.2, 0.25) is 0 Å². The summed E-state index contributed by atoms with van der Waals surface area (Å²) in [4.78, 5) is 15.4. The van der Waals surface area contributed by atoms with Crippen LogP contribution in [0, 0.1) is 5.82 Å². The van der Waals surface area contributed by atoms with E-state index in [9.17, 15) is 43.9 Å². The summed E-state index contributed by atoms with van der Waals surface area (Å²) in [6.45, 7) is -1.32. The molecule has 1 aliphatic rings. The molecule has 4 rings (SSSR count). The highest BCUT2D eigenvalue weighted by molar-refractivity contribution is 7.92. The summed E-state index contributed by atoms with van der Waals surface area (Å²) in [5, 5.41) is 0. The molecule has 0 spiro atoms. The average Bonchev–Trinajstić information content (AvgIpc) is 3.44. The average molecular weight is 620 g/mol. The predicted octanol–water partition coefficient (Wildman–Crippen LogP) is 6.79. The van der Waals surface area contributed by atoms with E-state index in [4.69, 9.17) is 0 Å². The number of methoxy groups -OCH3 is 1. The number of hydrogen-bond donors (Lipinski definition) is 0. The second-order valence-electron chi connectivity index (χ2n) is 9.70. The molecule has 42 heavy (non-hydrogen) atoms. The van der Waals surface area contributed by atoms with E-state index < -0.39 is 62.2 Å². The second-order valence-corrected chi connectivity index (χ2v) is 12.0. The van der Waals surface area contributed by atoms with Crippen molar-refractivity contribution in [3.05, 3.63) is 95.1 Å². The topological polar surface area (TPSA) is 82.6 Å². The maximum atomic E-state index is 14.4. The van der Waals surface area contributed by atoms with Gasteiger partial charge in [0.2, 0.25) is 0 Å². The maximum absolute atomic E-state index is 14.4. The van der Waals surface area contributed by atoms with E-state index >= 15 is 0 Å². The summed E-state index contributed by atoms with van der Waals surface area (Å²) < 4.78 is 135. The molecule has 0 amide bonds. The van der Waals surface area contributed by atoms with Crippen molar-refractivity contribution < 1.29 is 53.4 Å². The predicted molar refractivity (Wildman–Crippen MR) is 134 cm³/mol. The fraction of sp³-hybridized carbons (Fsp3) is 0.357. The molecule has 0 saturated heterocycles. The van der Waals surface area contributed by atoms with Gasteiger partial charge in [-0.25, -0.2) is 22.6 Å². The lowest BCUT2D eigenvalue weighted by Gasteiger charge is -2.38. The minimum absolute atomic E-state index is 0.00781. The first kappa shape index (κ1) is 31.4. The van der Waals surface area contributed by atoms with Crippen molar-refractivity contribution in [3.63, 3.8) is 0 Å². The van der Waals surface area contributed by atoms with Gasteiger partial charge < -0.3 is 9.47 Å². The standard InChI is InChI=1S/C28H24F7NO5S/c1-40-24(37)23-18(5-4-16-36-23)17-41-26(27(30,31)32,28(33,34)35)20-8-6-19(7-9-20)25(14-2-3-15-25)42(38,39)22-12-10-21(29)11-13-22/h4-13,16H,2-3,14-15,17H2,1H3. The molecule has 0 aliphatic heterocycles. The molecule has 14 heteroatoms. The van der Waals surface area contributed by atoms with E-state index in [1.807, 2.05) is 0 Å². The Morgan fingerprint density at radius 2 is 1.48 bits per heavy atom. The largest absolute Gasteiger partial charge is 0.464 e. The minimum Gasteiger partial charge on any atom is -0.464 e. The molecule has 0 N–H and O–H groups in total. The third-order valence-electron chi connectivity index (χ3n) is 7.38. The molecule has 1 aromatic heterocycles. The van der Waals surface area contributed by atoms with Crippen LogP contribution in [0.25, 0.3) is 0 Å². The normalized spacial score (nSPS) is 15.9. The summed E-state index contributed by atoms with van der Waals surface area (Å²) >= 11 is 0. The second kappa shape index (κ2) is 11.3. The Morgan fingerprint density at radius 1 is 0.905 bits per heavy atom. The molecule has 0 atom stereocenters. The van der Waals surface area contributed by atoms with E-state index in [-0.39, 0.29) is 28.9 Å². The molecule has 0 bridgehead atoms. The van der Waals surface area contributed by atoms with Crippen LogP contribution in [-0.4, -0.2) is 38.8 Å². The molecule has 3 aromatic rings. The fourth-order valence-corrected chi connectivity index (χ4v) is 7.48. The Labute approximate surface area is 236 Å². The number of carbonyl (C=O) groups excluding carboxylic acids is 1. The van der Waals surface area contributed by atoms with Gasteiger partial charge in [0, 0.05) is 17.3 Å². The van der Waals surface area contributed by atoms with Gasteiger partial charge in [-0.2, -0.15) is 26.3 Å². The third kappa shape index (κ3) is 5.26. The zero-order valence-electron chi connectivity index (χ0n) is 21.9. The molecule has 0 radical (unpaired) electrons. The van der Waals surface area contributed by atoms with Gasteiger partial charge in [-0.15, -0.1) is 0 Å². The fourth-order valence-electron chi connectivity index (χ4n) is 5.26. The molecule has 2 aromatic carbocycles. The van der Waals surface area contributed by atoms with E-state index in [2.05, 4.69) is 14.5 Å². The Kier molecular flexibility index (Phi) is 8.44. The van der Waals surface area contributed by atoms with Gasteiger partial charge in [-0.1, -0.05) is 43.2 Å². The molecule has 1 aliphatic carbocycles. The van der Waals surface area contributed by atoms with Gasteiger partial charge in [0.1, 0.15) is 10.6 Å². The first-order chi connectivity index (χ1) is 19.6. The van der Waals surface area contributed by atoms with Crippen molar-refractivity contribution in [2.24, 2.45) is 0 Å². The van der Waals surface area contributed by atoms with Crippen molar-refractivity contribution in [1.82, 2.24) is 4.98 Å². The van der Waals surface area contributed by atoms with Gasteiger partial charge in [0.25, 0.3) is 5.60 Å². The number of alkyl halides is 6. The van der Waals surface area contributed by atoms with E-state index in [1.54, 1.807) is 0 Å². The number of rotatable bonds is 8. The summed E-state index contributed by atoms with van der Waals surface area (Å²) in [5.41, 5.74) is -7.11. The summed E-state index contributed by atoms with van der Waals surface area (Å²) in [5.74, 6) is -1.77. The summed E-state index contributed by atoms with van der Waals surface area (Å²) in [6, 6.07) is 9.22. The highest BCUT2D eigenvalue weighted by atomic mass is 32.2. The van der Waals surface area contributed by atoms with Crippen molar-refractivity contribution in [3.8, 4) is 0 Å². The Morgan fingerprint density at radius 3 is 2.00 bits per heavy atom. The lowest BCUT2D eigenvalue weighted by molar-refractivity contribution is -0.392. The smallest absolute Gasteiger partial charge is 0.430 e. The molecular weight excluding hydrogens is 595 g/mol. The van der Waals surface area contributed by atoms with Crippen molar-refractivity contribution >= 4 is 15.8 Å². The lowest BCUT2D eigenvalue weighted by atomic mass is 9.88. The molecule has 0 unspecified atom stereocenters. The number of nitrogens with zero attached hydrogens (tertiary/aromatic N) is 1. The first-order valence-electron chi connectivity index (χ1n) is 12.5. The number of esters is 1. The highest BCUT2D eigenvalue weighted by Crippen LogP contribution is 2.54. The van der Waals surface area contributed by atoms with Crippen LogP contribution in [0.3, 0.4) is 0 Å². The number of hydrogen-bond acceptors (Lipinski definition) is 6. The first-order valence-corrected chi connectivity index (χ1v) is 14.0. The molecule has 1 heterocycles. The quantitative estimate of drug-likeness (QED) is 0.157. The Bertz CT molecular complexity index is 1520. The number of ether oxygens (including phenoxy) is 2. The number of halogens is 7. The SMILES string of the molecule is COC(=O)c1ncccc1COC(c1ccc(C2(S(=O)(=O)c3ccc(F)cc3)CCCC2)cc1)(C(F)(F)F)C(F)(F)F. The van der Waals surface area contributed by atoms with Crippen LogP contribution in [0.15, 0.2) is 71.8 Å². The molecule has 226 valence electrons. The van der Waals surface area contributed by atoms with Gasteiger partial charge in [-0.3, -0.25) is 0 Å². The van der Waals surface area contributed by atoms with Crippen LogP contribution in [-0.2, 0) is 36.3 Å². The van der Waals surface area contributed by atoms with Crippen LogP contribution in [0.5, 0.6) is 0 Å². The number of pyridine rings is 1. The van der Waals surface area contributed by atoms with E-state index in [0.29, 0.717) is 25.0 Å². The number of carbonyl (C=O) groups is 1. The third-order valence-corrected chi connectivity index (χ3v) is 9.95. The van der Waals surface area contributed by atoms with Crippen molar-refractivity contribution in [2.75, 3.05) is 7.11 Å². The van der Waals surface area contributed by atoms with Crippen molar-refractivity contribution in [1.29, 1.82) is 0 Å². The summed E-state index contributed by atoms with van der Waals surface area (Å²) in [6.07, 6.45) is -9.97. The van der Waals surface area contributed by atoms with Gasteiger partial charge in [0.15, 0.2) is 15.5 Å². The van der Waals surface area contributed by atoms with Gasteiger partial charge in [-0.05, 0) is 48.7 Å². The van der Waals surface area contributed by atoms with E-state index in [1.165, 1.54) is 6.07 Å². The molecular formula is C28H24F7NO5S. The number of sulfone groups is 1. The lowest BCUT2D eigenvalue weighted by Crippen LogP contribution is -2.56. The number of benzene rings is 2.